The van der Waals surface area contributed by atoms with Gasteiger partial charge in [0.1, 0.15) is 17.1 Å². The molecular formula is C28H35IO7S. The first kappa shape index (κ1) is 29.6. The van der Waals surface area contributed by atoms with Crippen LogP contribution in [-0.4, -0.2) is 42.7 Å². The molecule has 2 bridgehead atoms. The number of fused-ring (bicyclic) bond motifs is 2. The summed E-state index contributed by atoms with van der Waals surface area (Å²) in [6, 6.07) is 18.4. The maximum atomic E-state index is 11.8. The van der Waals surface area contributed by atoms with Crippen molar-refractivity contribution in [3.8, 4) is 5.75 Å². The second-order valence-electron chi connectivity index (χ2n) is 11.1. The van der Waals surface area contributed by atoms with E-state index >= 15 is 0 Å². The molecule has 2 unspecified atom stereocenters. The fourth-order valence-electron chi connectivity index (χ4n) is 5.12. The van der Waals surface area contributed by atoms with E-state index in [1.54, 1.807) is 0 Å². The number of ether oxygens (including phenoxy) is 2. The molecular weight excluding hydrogens is 607 g/mol. The molecule has 0 aliphatic heterocycles. The lowest BCUT2D eigenvalue weighted by molar-refractivity contribution is -0.597. The third kappa shape index (κ3) is 7.77. The van der Waals surface area contributed by atoms with E-state index in [2.05, 4.69) is 36.4 Å². The van der Waals surface area contributed by atoms with Crippen LogP contribution in [0.3, 0.4) is 0 Å². The Kier molecular flexibility index (Phi) is 9.12. The third-order valence-electron chi connectivity index (χ3n) is 7.10. The Morgan fingerprint density at radius 3 is 2.14 bits per heavy atom. The Bertz CT molecular complexity index is 1200. The topological polar surface area (TPSA) is 110 Å². The number of Topliss-reactive ketones (excluding diaryl/α,β-unsaturated/α-hetero) is 1. The van der Waals surface area contributed by atoms with Gasteiger partial charge in [-0.05, 0) is 81.3 Å². The molecule has 0 N–H and O–H groups in total. The molecule has 4 rings (SSSR count). The van der Waals surface area contributed by atoms with Crippen LogP contribution in [0.25, 0.3) is 0 Å². The molecule has 37 heavy (non-hydrogen) atoms. The minimum Gasteiger partial charge on any atom is -0.748 e. The average Bonchev–Trinajstić information content (AvgIpc) is 3.12. The van der Waals surface area contributed by atoms with Crippen molar-refractivity contribution < 1.29 is 53.2 Å². The third-order valence-corrected chi connectivity index (χ3v) is 10.6. The molecule has 9 heteroatoms. The van der Waals surface area contributed by atoms with Crippen molar-refractivity contribution in [1.82, 2.24) is 0 Å². The van der Waals surface area contributed by atoms with Gasteiger partial charge in [0, 0.05) is 11.8 Å². The van der Waals surface area contributed by atoms with Gasteiger partial charge < -0.3 is 14.0 Å². The number of carbonyl (C=O) groups excluding carboxylic acids is 2. The molecule has 202 valence electrons. The van der Waals surface area contributed by atoms with Gasteiger partial charge in [-0.2, -0.15) is 0 Å². The summed E-state index contributed by atoms with van der Waals surface area (Å²) in [5.41, 5.74) is -1.70. The predicted molar refractivity (Wildman–Crippen MR) is 135 cm³/mol. The van der Waals surface area contributed by atoms with E-state index in [1.807, 2.05) is 52.8 Å². The predicted octanol–water partition coefficient (Wildman–Crippen LogP) is 1.46. The first-order chi connectivity index (χ1) is 17.1. The normalized spacial score (nSPS) is 22.2. The number of halogens is 1. The Morgan fingerprint density at radius 2 is 1.65 bits per heavy atom. The largest absolute Gasteiger partial charge is 0.748 e. The quantitative estimate of drug-likeness (QED) is 0.256. The smallest absolute Gasteiger partial charge is 0.357 e. The molecule has 0 aromatic heterocycles. The van der Waals surface area contributed by atoms with E-state index in [9.17, 15) is 22.6 Å². The van der Waals surface area contributed by atoms with E-state index in [0.29, 0.717) is 18.6 Å². The Morgan fingerprint density at radius 1 is 1.05 bits per heavy atom. The van der Waals surface area contributed by atoms with E-state index in [1.165, 1.54) is 7.14 Å². The molecule has 2 atom stereocenters. The fourth-order valence-corrected chi connectivity index (χ4v) is 8.61. The van der Waals surface area contributed by atoms with Crippen molar-refractivity contribution in [3.05, 3.63) is 61.7 Å². The van der Waals surface area contributed by atoms with Crippen LogP contribution in [0.4, 0.5) is 0 Å². The number of esters is 1. The lowest BCUT2D eigenvalue weighted by atomic mass is 9.70. The van der Waals surface area contributed by atoms with Gasteiger partial charge >= 0.3 is 27.2 Å². The molecule has 0 spiro atoms. The second-order valence-corrected chi connectivity index (χ2v) is 15.5. The zero-order valence-electron chi connectivity index (χ0n) is 22.0. The zero-order chi connectivity index (χ0) is 27.5. The van der Waals surface area contributed by atoms with Crippen LogP contribution in [-0.2, 0) is 24.4 Å². The average molecular weight is 643 g/mol. The van der Waals surface area contributed by atoms with Crippen molar-refractivity contribution in [2.45, 2.75) is 59.5 Å². The van der Waals surface area contributed by atoms with Crippen LogP contribution >= 0.6 is 0 Å². The first-order valence-electron chi connectivity index (χ1n) is 12.2. The molecule has 0 saturated heterocycles. The molecule has 2 saturated carbocycles. The maximum Gasteiger partial charge on any atom is 0.357 e. The van der Waals surface area contributed by atoms with Crippen LogP contribution in [0.5, 0.6) is 5.75 Å². The van der Waals surface area contributed by atoms with Crippen molar-refractivity contribution in [2.24, 2.45) is 16.7 Å². The molecule has 2 aromatic rings. The number of carbonyl (C=O) groups is 2. The first-order valence-corrected chi connectivity index (χ1v) is 16.0. The monoisotopic (exact) mass is 642 g/mol. The van der Waals surface area contributed by atoms with Crippen molar-refractivity contribution in [1.29, 1.82) is 0 Å². The number of benzene rings is 2. The molecule has 2 aromatic carbocycles. The number of hydrogen-bond acceptors (Lipinski definition) is 7. The summed E-state index contributed by atoms with van der Waals surface area (Å²) in [7, 11) is -4.33. The van der Waals surface area contributed by atoms with E-state index < -0.39 is 26.9 Å². The second kappa shape index (κ2) is 11.4. The van der Waals surface area contributed by atoms with Gasteiger partial charge in [0.2, 0.25) is 0 Å². The number of ketones is 1. The van der Waals surface area contributed by atoms with Gasteiger partial charge in [0.15, 0.2) is 13.7 Å². The number of rotatable bonds is 7. The molecule has 0 heterocycles. The van der Waals surface area contributed by atoms with Gasteiger partial charge in [-0.3, -0.25) is 4.79 Å². The van der Waals surface area contributed by atoms with Crippen LogP contribution < -0.4 is 25.9 Å². The zero-order valence-corrected chi connectivity index (χ0v) is 24.9. The highest BCUT2D eigenvalue weighted by atomic mass is 127. The summed E-state index contributed by atoms with van der Waals surface area (Å²) >= 11 is -0.173. The summed E-state index contributed by atoms with van der Waals surface area (Å²) in [6.07, 6.45) is 1.88. The van der Waals surface area contributed by atoms with Crippen LogP contribution in [0, 0.1) is 23.9 Å². The van der Waals surface area contributed by atoms with Crippen LogP contribution in [0.1, 0.15) is 53.9 Å². The van der Waals surface area contributed by atoms with Crippen LogP contribution in [0.15, 0.2) is 54.6 Å². The number of hydrogen-bond donors (Lipinski definition) is 0. The minimum absolute atomic E-state index is 0.0248. The molecule has 0 amide bonds. The Hall–Kier alpha value is -1.98. The van der Waals surface area contributed by atoms with E-state index in [-0.39, 0.29) is 50.9 Å². The highest BCUT2D eigenvalue weighted by molar-refractivity contribution is 7.85. The standard InChI is InChI=1S/C18H20IO3.C10H16O4S/c1-18(2,3)22-17(20)13-21-16-11-9-15(10-12-16)19-14-7-5-4-6-8-14;1-9(2)7-3-4-10(9,8(11)5-7)6-15(12,13)14/h4-12H,13H2,1-3H3;7H,3-6H2,1-2H3,(H,12,13,14)/q+1;/p-1. The SMILES string of the molecule is CC(C)(C)OC(=O)COc1ccc([I+]c2ccccc2)cc1.CC1(C)C2CCC1(CS(=O)(=O)[O-])C(=O)C2. The highest BCUT2D eigenvalue weighted by Gasteiger charge is 2.64. The van der Waals surface area contributed by atoms with E-state index in [0.717, 1.165) is 6.42 Å². The summed E-state index contributed by atoms with van der Waals surface area (Å²) in [5, 5.41) is 0. The summed E-state index contributed by atoms with van der Waals surface area (Å²) in [6.45, 7) is 9.29. The highest BCUT2D eigenvalue weighted by Crippen LogP contribution is 2.64. The molecule has 7 nitrogen and oxygen atoms in total. The molecule has 2 fully saturated rings. The summed E-state index contributed by atoms with van der Waals surface area (Å²) in [5.74, 6) is 0.0531. The Labute approximate surface area is 230 Å². The van der Waals surface area contributed by atoms with Crippen LogP contribution in [0.2, 0.25) is 0 Å². The fraction of sp³-hybridized carbons (Fsp3) is 0.500. The maximum absolute atomic E-state index is 11.8. The van der Waals surface area contributed by atoms with Crippen molar-refractivity contribution >= 4 is 21.9 Å². The van der Waals surface area contributed by atoms with Gasteiger partial charge in [0.05, 0.1) is 15.9 Å². The van der Waals surface area contributed by atoms with Crippen molar-refractivity contribution in [3.63, 3.8) is 0 Å². The van der Waals surface area contributed by atoms with Gasteiger partial charge in [-0.15, -0.1) is 0 Å². The van der Waals surface area contributed by atoms with Gasteiger partial charge in [-0.25, -0.2) is 13.2 Å². The molecule has 0 radical (unpaired) electrons. The Balaban J connectivity index is 0.000000220. The molecule has 2 aliphatic rings. The lowest BCUT2D eigenvalue weighted by Gasteiger charge is -2.37. The van der Waals surface area contributed by atoms with Gasteiger partial charge in [-0.1, -0.05) is 32.0 Å². The summed E-state index contributed by atoms with van der Waals surface area (Å²) in [4.78, 5) is 23.4. The molecule has 2 aliphatic carbocycles. The summed E-state index contributed by atoms with van der Waals surface area (Å²) < 4.78 is 46.0. The minimum atomic E-state index is -4.33. The van der Waals surface area contributed by atoms with E-state index in [4.69, 9.17) is 9.47 Å². The lowest BCUT2D eigenvalue weighted by Crippen LogP contribution is -3.61. The van der Waals surface area contributed by atoms with Gasteiger partial charge in [0.25, 0.3) is 0 Å². The van der Waals surface area contributed by atoms with Crippen molar-refractivity contribution in [2.75, 3.05) is 12.4 Å².